The van der Waals surface area contributed by atoms with Gasteiger partial charge in [-0.05, 0) is 72.2 Å². The summed E-state index contributed by atoms with van der Waals surface area (Å²) in [6, 6.07) is 2.55. The number of hydrogen-bond acceptors (Lipinski definition) is 9. The second kappa shape index (κ2) is 13.3. The third-order valence-electron chi connectivity index (χ3n) is 6.14. The van der Waals surface area contributed by atoms with E-state index in [1.165, 1.54) is 12.1 Å². The number of phenols is 1. The van der Waals surface area contributed by atoms with Crippen LogP contribution in [0.4, 0.5) is 19.7 Å². The fourth-order valence-electron chi connectivity index (χ4n) is 4.36. The molecule has 0 bridgehead atoms. The van der Waals surface area contributed by atoms with Gasteiger partial charge in [-0.15, -0.1) is 0 Å². The molecule has 1 unspecified atom stereocenters. The lowest BCUT2D eigenvalue weighted by molar-refractivity contribution is 0.0430. The van der Waals surface area contributed by atoms with Gasteiger partial charge in [-0.25, -0.2) is 18.8 Å². The van der Waals surface area contributed by atoms with Crippen molar-refractivity contribution in [2.24, 2.45) is 5.41 Å². The first kappa shape index (κ1) is 38.0. The number of imide groups is 1. The van der Waals surface area contributed by atoms with E-state index in [9.17, 15) is 19.5 Å². The molecule has 0 aliphatic rings. The Bertz CT molecular complexity index is 1400. The number of carbonyl (C=O) groups excluding carboxylic acids is 3. The Morgan fingerprint density at radius 2 is 1.42 bits per heavy atom. The highest BCUT2D eigenvalue weighted by Gasteiger charge is 2.42. The molecule has 1 atom stereocenters. The summed E-state index contributed by atoms with van der Waals surface area (Å²) in [4.78, 5) is 40.6. The number of carbonyl (C=O) groups is 3. The Morgan fingerprint density at radius 1 is 0.933 bits per heavy atom. The van der Waals surface area contributed by atoms with E-state index in [-0.39, 0.29) is 28.0 Å². The van der Waals surface area contributed by atoms with E-state index in [4.69, 9.17) is 23.1 Å². The van der Waals surface area contributed by atoms with Gasteiger partial charge in [-0.2, -0.15) is 4.90 Å². The molecule has 2 rings (SSSR count). The van der Waals surface area contributed by atoms with Crippen molar-refractivity contribution in [3.05, 3.63) is 29.3 Å². The van der Waals surface area contributed by atoms with Crippen molar-refractivity contribution in [3.8, 4) is 16.9 Å². The number of rotatable bonds is 7. The number of furan rings is 1. The fraction of sp³-hybridized carbons (Fsp3) is 0.594. The van der Waals surface area contributed by atoms with Crippen LogP contribution in [-0.2, 0) is 18.6 Å². The van der Waals surface area contributed by atoms with E-state index in [2.05, 4.69) is 0 Å². The lowest BCUT2D eigenvalue weighted by atomic mass is 9.85. The fourth-order valence-corrected chi connectivity index (χ4v) is 6.49. The summed E-state index contributed by atoms with van der Waals surface area (Å²) in [5.41, 5.74) is -3.75. The van der Waals surface area contributed by atoms with Crippen LogP contribution in [0.5, 0.6) is 5.75 Å². The molecule has 10 nitrogen and oxygen atoms in total. The van der Waals surface area contributed by atoms with Crippen molar-refractivity contribution in [1.82, 2.24) is 0 Å². The summed E-state index contributed by atoms with van der Waals surface area (Å²) in [6.07, 6.45) is -3.03. The Hall–Kier alpha value is -3.17. The molecule has 0 saturated carbocycles. The summed E-state index contributed by atoms with van der Waals surface area (Å²) in [5.74, 6) is -2.34. The minimum Gasteiger partial charge on any atom is -0.506 e. The molecule has 1 heterocycles. The minimum atomic E-state index is -2.42. The zero-order valence-corrected chi connectivity index (χ0v) is 31.3. The number of nitrogens with zero attached hydrogens (tertiary/aromatic N) is 1. The smallest absolute Gasteiger partial charge is 0.424 e. The topological polar surface area (TPSA) is 125 Å². The van der Waals surface area contributed by atoms with Gasteiger partial charge in [0.15, 0.2) is 5.82 Å². The van der Waals surface area contributed by atoms with Crippen LogP contribution in [0.15, 0.2) is 16.5 Å². The number of phenolic OH excluding ortho intramolecular Hbond substituents is 1. The predicted octanol–water partition coefficient (Wildman–Crippen LogP) is 8.15. The molecule has 13 heteroatoms. The summed E-state index contributed by atoms with van der Waals surface area (Å²) in [7, 11) is -2.67. The summed E-state index contributed by atoms with van der Waals surface area (Å²) in [5, 5.41) is 11.9. The van der Waals surface area contributed by atoms with Gasteiger partial charge in [0.25, 0.3) is 0 Å². The summed E-state index contributed by atoms with van der Waals surface area (Å²) in [6.45, 7) is 25.1. The maximum atomic E-state index is 16.6. The van der Waals surface area contributed by atoms with Crippen LogP contribution in [-0.4, -0.2) is 58.7 Å². The molecule has 2 aromatic rings. The number of esters is 1. The number of aromatic hydroxyl groups is 1. The molecule has 251 valence electrons. The molecule has 0 fully saturated rings. The maximum Gasteiger partial charge on any atom is 0.424 e. The van der Waals surface area contributed by atoms with E-state index < -0.39 is 75.1 Å². The third kappa shape index (κ3) is 9.20. The Kier molecular flexibility index (Phi) is 11.2. The van der Waals surface area contributed by atoms with Crippen LogP contribution in [0, 0.1) is 11.2 Å². The standard InChI is InChI=1S/C32H49FNO9Si2/c1-30(2,3)25(43-44(11)12)24-20(22(33)27(40-24)45(13,14)15)18-16-17-19(21(23(18)35)26(36)39-10)34(28(37)41-31(4,5)6)29(38)42-32(7,8)9/h16-17,25,35H,1-15H3. The zero-order chi connectivity index (χ0) is 35.0. The first-order valence-electron chi connectivity index (χ1n) is 14.7. The number of halogens is 1. The molecule has 0 saturated heterocycles. The number of amides is 2. The highest BCUT2D eigenvalue weighted by Crippen LogP contribution is 2.47. The monoisotopic (exact) mass is 666 g/mol. The number of benzene rings is 1. The van der Waals surface area contributed by atoms with Crippen molar-refractivity contribution in [2.45, 2.75) is 112 Å². The highest BCUT2D eigenvalue weighted by molar-refractivity contribution is 6.87. The molecule has 0 spiro atoms. The van der Waals surface area contributed by atoms with E-state index >= 15 is 4.39 Å². The molecule has 0 aliphatic heterocycles. The lowest BCUT2D eigenvalue weighted by Gasteiger charge is -2.32. The second-order valence-corrected chi connectivity index (χ2v) is 22.2. The van der Waals surface area contributed by atoms with Crippen LogP contribution in [0.3, 0.4) is 0 Å². The van der Waals surface area contributed by atoms with Gasteiger partial charge < -0.3 is 28.2 Å². The Labute approximate surface area is 268 Å². The molecular formula is C32H49FNO9Si2. The van der Waals surface area contributed by atoms with Gasteiger partial charge >= 0.3 is 18.2 Å². The molecule has 2 amide bonds. The molecule has 1 aromatic heterocycles. The molecule has 1 aromatic carbocycles. The predicted molar refractivity (Wildman–Crippen MR) is 176 cm³/mol. The quantitative estimate of drug-likeness (QED) is 0.177. The normalized spacial score (nSPS) is 13.4. The molecule has 1 radical (unpaired) electrons. The van der Waals surface area contributed by atoms with Crippen molar-refractivity contribution in [2.75, 3.05) is 12.0 Å². The van der Waals surface area contributed by atoms with Gasteiger partial charge in [-0.3, -0.25) is 0 Å². The molecule has 0 aliphatic carbocycles. The van der Waals surface area contributed by atoms with E-state index in [0.717, 1.165) is 7.11 Å². The van der Waals surface area contributed by atoms with Gasteiger partial charge in [0.05, 0.1) is 18.4 Å². The third-order valence-corrected chi connectivity index (χ3v) is 8.54. The van der Waals surface area contributed by atoms with Gasteiger partial charge in [-0.1, -0.05) is 40.4 Å². The van der Waals surface area contributed by atoms with Crippen molar-refractivity contribution in [1.29, 1.82) is 0 Å². The maximum absolute atomic E-state index is 16.6. The Balaban J connectivity index is 3.07. The van der Waals surface area contributed by atoms with E-state index in [1.54, 1.807) is 41.5 Å². The summed E-state index contributed by atoms with van der Waals surface area (Å²) >= 11 is 0. The van der Waals surface area contributed by atoms with Crippen molar-refractivity contribution < 1.29 is 46.9 Å². The van der Waals surface area contributed by atoms with E-state index in [1.807, 2.05) is 53.5 Å². The number of methoxy groups -OCH3 is 1. The second-order valence-electron chi connectivity index (χ2n) is 15.2. The first-order valence-corrected chi connectivity index (χ1v) is 20.6. The van der Waals surface area contributed by atoms with Crippen LogP contribution in [0.25, 0.3) is 11.1 Å². The van der Waals surface area contributed by atoms with Crippen LogP contribution in [0.2, 0.25) is 32.7 Å². The minimum absolute atomic E-state index is 0.0779. The molecule has 45 heavy (non-hydrogen) atoms. The van der Waals surface area contributed by atoms with Crippen molar-refractivity contribution >= 4 is 46.3 Å². The average Bonchev–Trinajstić information content (AvgIpc) is 3.16. The lowest BCUT2D eigenvalue weighted by Crippen LogP contribution is -2.44. The Morgan fingerprint density at radius 3 is 1.80 bits per heavy atom. The average molecular weight is 667 g/mol. The van der Waals surface area contributed by atoms with Gasteiger partial charge in [0.1, 0.15) is 47.8 Å². The van der Waals surface area contributed by atoms with E-state index in [0.29, 0.717) is 4.90 Å². The SMILES string of the molecule is COC(=O)c1c(N(C(=O)OC(C)(C)C)C(=O)OC(C)(C)C)ccc(-c2c(C(O[Si](C)C)C(C)(C)C)oc([Si](C)(C)C)c2F)c1O. The number of anilines is 1. The van der Waals surface area contributed by atoms with Crippen LogP contribution >= 0.6 is 0 Å². The largest absolute Gasteiger partial charge is 0.506 e. The number of ether oxygens (including phenoxy) is 3. The first-order chi connectivity index (χ1) is 20.2. The van der Waals surface area contributed by atoms with Crippen LogP contribution < -0.4 is 10.3 Å². The summed E-state index contributed by atoms with van der Waals surface area (Å²) < 4.78 is 45.1. The van der Waals surface area contributed by atoms with Crippen molar-refractivity contribution in [3.63, 3.8) is 0 Å². The molecular weight excluding hydrogens is 618 g/mol. The van der Waals surface area contributed by atoms with Crippen LogP contribution in [0.1, 0.15) is 84.5 Å². The van der Waals surface area contributed by atoms with Gasteiger partial charge in [0, 0.05) is 5.56 Å². The highest BCUT2D eigenvalue weighted by atomic mass is 28.3. The zero-order valence-electron chi connectivity index (χ0n) is 29.3. The number of hydrogen-bond donors (Lipinski definition) is 1. The van der Waals surface area contributed by atoms with Gasteiger partial charge in [0.2, 0.25) is 9.04 Å². The molecule has 1 N–H and O–H groups in total.